The molecule has 0 spiro atoms. The lowest BCUT2D eigenvalue weighted by Crippen LogP contribution is -2.47. The molecule has 0 aromatic rings. The minimum absolute atomic E-state index is 0.0458. The number of rotatable bonds is 61. The van der Waals surface area contributed by atoms with Gasteiger partial charge in [0.25, 0.3) is 0 Å². The van der Waals surface area contributed by atoms with Crippen molar-refractivity contribution in [1.82, 2.24) is 5.32 Å². The van der Waals surface area contributed by atoms with Gasteiger partial charge in [-0.05, 0) is 31.8 Å². The number of nitrogens with one attached hydrogen (secondary N) is 1. The molecule has 0 aliphatic heterocycles. The Labute approximate surface area is 467 Å². The van der Waals surface area contributed by atoms with E-state index in [0.717, 1.165) is 57.8 Å². The Morgan fingerprint density at radius 1 is 0.453 bits per heavy atom. The van der Waals surface area contributed by atoms with Crippen LogP contribution in [0, 0.1) is 0 Å². The Kier molecular flexibility index (Phi) is 55.1. The van der Waals surface area contributed by atoms with E-state index in [1.807, 2.05) is 33.3 Å². The van der Waals surface area contributed by atoms with Crippen molar-refractivity contribution < 1.29 is 37.3 Å². The Hall–Kier alpha value is -1.25. The molecule has 446 valence electrons. The molecule has 0 fully saturated rings. The summed E-state index contributed by atoms with van der Waals surface area (Å²) in [5.74, 6) is -0.482. The maximum Gasteiger partial charge on any atom is 0.472 e. The van der Waals surface area contributed by atoms with Gasteiger partial charge in [0.15, 0.2) is 0 Å². The summed E-state index contributed by atoms with van der Waals surface area (Å²) in [6.45, 7) is 7.07. The van der Waals surface area contributed by atoms with Gasteiger partial charge in [0, 0.05) is 12.8 Å². The van der Waals surface area contributed by atoms with Crippen LogP contribution < -0.4 is 5.32 Å². The predicted octanol–water partition coefficient (Wildman–Crippen LogP) is 20.3. The van der Waals surface area contributed by atoms with Crippen LogP contribution >= 0.6 is 7.82 Å². The van der Waals surface area contributed by atoms with Crippen LogP contribution in [0.2, 0.25) is 0 Å². The molecule has 3 atom stereocenters. The first-order valence-electron chi connectivity index (χ1n) is 33.0. The Morgan fingerprint density at radius 3 is 1.09 bits per heavy atom. The molecular formula is C65H130N2O7P+. The van der Waals surface area contributed by atoms with Crippen molar-refractivity contribution in [2.75, 3.05) is 40.9 Å². The lowest BCUT2D eigenvalue weighted by atomic mass is 10.0. The summed E-state index contributed by atoms with van der Waals surface area (Å²) >= 11 is 0. The average Bonchev–Trinajstić information content (AvgIpc) is 3.37. The monoisotopic (exact) mass is 1080 g/mol. The van der Waals surface area contributed by atoms with Crippen molar-refractivity contribution in [2.45, 2.75) is 354 Å². The van der Waals surface area contributed by atoms with Crippen LogP contribution in [-0.2, 0) is 27.9 Å². The highest BCUT2D eigenvalue weighted by Gasteiger charge is 2.30. The molecule has 3 unspecified atom stereocenters. The van der Waals surface area contributed by atoms with E-state index < -0.39 is 20.0 Å². The molecule has 0 aliphatic rings. The SMILES string of the molecule is CCCCCCCCCCC/C=C\C(OC(=O)CCCCCCCCCCCCCCCCCCCCCCCCC)C(COP(=O)(O)OCC[N+](C)(C)C)NC(=O)CCCCCCCCCCCCCCCCC. The van der Waals surface area contributed by atoms with Gasteiger partial charge < -0.3 is 19.4 Å². The van der Waals surface area contributed by atoms with E-state index in [-0.39, 0.29) is 25.1 Å². The van der Waals surface area contributed by atoms with E-state index in [0.29, 0.717) is 23.9 Å². The summed E-state index contributed by atoms with van der Waals surface area (Å²) < 4.78 is 30.7. The highest BCUT2D eigenvalue weighted by atomic mass is 31.2. The zero-order valence-corrected chi connectivity index (χ0v) is 52.0. The van der Waals surface area contributed by atoms with Crippen LogP contribution in [0.1, 0.15) is 342 Å². The van der Waals surface area contributed by atoms with Gasteiger partial charge in [0.1, 0.15) is 19.3 Å². The molecule has 75 heavy (non-hydrogen) atoms. The fourth-order valence-corrected chi connectivity index (χ4v) is 10.9. The van der Waals surface area contributed by atoms with Crippen LogP contribution in [0.3, 0.4) is 0 Å². The fourth-order valence-electron chi connectivity index (χ4n) is 10.1. The van der Waals surface area contributed by atoms with E-state index >= 15 is 0 Å². The molecule has 0 aliphatic carbocycles. The standard InChI is InChI=1S/C65H129N2O7P/c1-7-10-13-16-19-22-25-27-29-30-31-32-33-34-35-36-38-40-43-46-49-52-55-58-65(69)74-63(56-53-50-47-44-41-24-21-18-15-12-9-3)62(61-73-75(70,71)72-60-59-67(4,5)6)66-64(68)57-54-51-48-45-42-39-37-28-26-23-20-17-14-11-8-2/h53,56,62-63H,7-52,54-55,57-61H2,1-6H3,(H-,66,68,70,71)/p+1/b56-53-. The van der Waals surface area contributed by atoms with Crippen molar-refractivity contribution in [3.05, 3.63) is 12.2 Å². The highest BCUT2D eigenvalue weighted by Crippen LogP contribution is 2.43. The third-order valence-corrected chi connectivity index (χ3v) is 16.2. The molecule has 0 aromatic heterocycles. The van der Waals surface area contributed by atoms with Gasteiger partial charge in [-0.2, -0.15) is 0 Å². The minimum atomic E-state index is -4.44. The molecular weight excluding hydrogens is 952 g/mol. The lowest BCUT2D eigenvalue weighted by Gasteiger charge is -2.27. The number of quaternary nitrogens is 1. The van der Waals surface area contributed by atoms with E-state index in [9.17, 15) is 19.0 Å². The molecule has 0 rings (SSSR count). The minimum Gasteiger partial charge on any atom is -0.456 e. The number of hydrogen-bond acceptors (Lipinski definition) is 6. The first-order valence-corrected chi connectivity index (χ1v) is 34.5. The number of allylic oxidation sites excluding steroid dienone is 1. The Bertz CT molecular complexity index is 1290. The number of phosphoric ester groups is 1. The molecule has 10 heteroatoms. The number of amides is 1. The number of carbonyl (C=O) groups is 2. The van der Waals surface area contributed by atoms with Crippen molar-refractivity contribution in [2.24, 2.45) is 0 Å². The quantitative estimate of drug-likeness (QED) is 0.0205. The summed E-state index contributed by atoms with van der Waals surface area (Å²) in [5.41, 5.74) is 0. The summed E-state index contributed by atoms with van der Waals surface area (Å²) in [7, 11) is 1.52. The van der Waals surface area contributed by atoms with Crippen molar-refractivity contribution >= 4 is 19.7 Å². The second kappa shape index (κ2) is 56.0. The van der Waals surface area contributed by atoms with Gasteiger partial charge >= 0.3 is 13.8 Å². The number of phosphoric acid groups is 1. The second-order valence-electron chi connectivity index (χ2n) is 24.0. The first kappa shape index (κ1) is 73.8. The maximum absolute atomic E-state index is 13.5. The third-order valence-electron chi connectivity index (χ3n) is 15.2. The van der Waals surface area contributed by atoms with Crippen molar-refractivity contribution in [3.63, 3.8) is 0 Å². The van der Waals surface area contributed by atoms with E-state index in [4.69, 9.17) is 13.8 Å². The molecule has 9 nitrogen and oxygen atoms in total. The van der Waals surface area contributed by atoms with Crippen molar-refractivity contribution in [1.29, 1.82) is 0 Å². The van der Waals surface area contributed by atoms with Crippen LogP contribution in [0.5, 0.6) is 0 Å². The molecule has 2 N–H and O–H groups in total. The number of nitrogens with zero attached hydrogens (tertiary/aromatic N) is 1. The highest BCUT2D eigenvalue weighted by molar-refractivity contribution is 7.47. The van der Waals surface area contributed by atoms with E-state index in [2.05, 4.69) is 26.1 Å². The normalized spacial score (nSPS) is 13.6. The molecule has 1 amide bonds. The first-order chi connectivity index (χ1) is 36.4. The van der Waals surface area contributed by atoms with Gasteiger partial charge in [-0.25, -0.2) is 4.57 Å². The molecule has 0 bridgehead atoms. The summed E-state index contributed by atoms with van der Waals surface area (Å²) in [6, 6.07) is -0.839. The Morgan fingerprint density at radius 2 is 0.760 bits per heavy atom. The molecule has 0 aromatic carbocycles. The largest absolute Gasteiger partial charge is 0.472 e. The number of esters is 1. The van der Waals surface area contributed by atoms with Crippen LogP contribution in [0.25, 0.3) is 0 Å². The zero-order chi connectivity index (χ0) is 55.0. The van der Waals surface area contributed by atoms with Crippen LogP contribution in [0.15, 0.2) is 12.2 Å². The smallest absolute Gasteiger partial charge is 0.456 e. The molecule has 0 heterocycles. The number of hydrogen-bond donors (Lipinski definition) is 2. The second-order valence-corrected chi connectivity index (χ2v) is 25.5. The number of ether oxygens (including phenoxy) is 1. The zero-order valence-electron chi connectivity index (χ0n) is 51.1. The van der Waals surface area contributed by atoms with Gasteiger partial charge in [-0.1, -0.05) is 309 Å². The van der Waals surface area contributed by atoms with Crippen molar-refractivity contribution in [3.8, 4) is 0 Å². The summed E-state index contributed by atoms with van der Waals surface area (Å²) in [5, 5.41) is 3.07. The van der Waals surface area contributed by atoms with Crippen LogP contribution in [0.4, 0.5) is 0 Å². The van der Waals surface area contributed by atoms with Gasteiger partial charge in [0.05, 0.1) is 33.8 Å². The van der Waals surface area contributed by atoms with Gasteiger partial charge in [0.2, 0.25) is 5.91 Å². The molecule has 0 saturated heterocycles. The number of likely N-dealkylation sites (N-methyl/N-ethyl adjacent to an activating group) is 1. The summed E-state index contributed by atoms with van der Waals surface area (Å²) in [6.07, 6.45) is 65.0. The van der Waals surface area contributed by atoms with E-state index in [1.165, 1.54) is 250 Å². The van der Waals surface area contributed by atoms with E-state index in [1.54, 1.807) is 0 Å². The average molecular weight is 1080 g/mol. The summed E-state index contributed by atoms with van der Waals surface area (Å²) in [4.78, 5) is 37.7. The fraction of sp³-hybridized carbons (Fsp3) is 0.938. The number of unbranched alkanes of at least 4 members (excludes halogenated alkanes) is 45. The lowest BCUT2D eigenvalue weighted by molar-refractivity contribution is -0.870. The number of carbonyl (C=O) groups excluding carboxylic acids is 2. The molecule has 0 saturated carbocycles. The predicted molar refractivity (Wildman–Crippen MR) is 323 cm³/mol. The maximum atomic E-state index is 13.5. The third kappa shape index (κ3) is 57.3. The topological polar surface area (TPSA) is 111 Å². The Balaban J connectivity index is 5.04. The van der Waals surface area contributed by atoms with Crippen LogP contribution in [-0.4, -0.2) is 74.3 Å². The molecule has 0 radical (unpaired) electrons. The van der Waals surface area contributed by atoms with Gasteiger partial charge in [-0.3, -0.25) is 18.6 Å². The van der Waals surface area contributed by atoms with Gasteiger partial charge in [-0.15, -0.1) is 0 Å².